The number of nitrogens with two attached hydrogens (primary N) is 1. The standard InChI is InChI=1S/C15H20Cl2N2O/c1-10(12-5-4-11(16)8-13(12)17)19-14(20)9-15(18)6-2-3-7-15/h4-5,8,10H,2-3,6-7,9,18H2,1H3,(H,19,20). The second-order valence-electron chi connectivity index (χ2n) is 5.70. The van der Waals surface area contributed by atoms with E-state index in [1.54, 1.807) is 12.1 Å². The van der Waals surface area contributed by atoms with Crippen molar-refractivity contribution >= 4 is 29.1 Å². The summed E-state index contributed by atoms with van der Waals surface area (Å²) < 4.78 is 0. The third kappa shape index (κ3) is 3.87. The van der Waals surface area contributed by atoms with Crippen molar-refractivity contribution in [1.82, 2.24) is 5.32 Å². The number of hydrogen-bond donors (Lipinski definition) is 2. The van der Waals surface area contributed by atoms with Gasteiger partial charge in [0.15, 0.2) is 0 Å². The van der Waals surface area contributed by atoms with Crippen LogP contribution in [-0.2, 0) is 4.79 Å². The van der Waals surface area contributed by atoms with E-state index >= 15 is 0 Å². The van der Waals surface area contributed by atoms with Gasteiger partial charge in [0, 0.05) is 22.0 Å². The van der Waals surface area contributed by atoms with E-state index in [9.17, 15) is 4.79 Å². The molecule has 3 nitrogen and oxygen atoms in total. The van der Waals surface area contributed by atoms with Crippen molar-refractivity contribution in [2.45, 2.75) is 50.6 Å². The van der Waals surface area contributed by atoms with Crippen molar-refractivity contribution in [3.8, 4) is 0 Å². The fraction of sp³-hybridized carbons (Fsp3) is 0.533. The van der Waals surface area contributed by atoms with E-state index in [2.05, 4.69) is 5.32 Å². The molecule has 5 heteroatoms. The van der Waals surface area contributed by atoms with Crippen LogP contribution in [0.2, 0.25) is 10.0 Å². The topological polar surface area (TPSA) is 55.1 Å². The highest BCUT2D eigenvalue weighted by molar-refractivity contribution is 6.35. The second kappa shape index (κ2) is 6.33. The van der Waals surface area contributed by atoms with Crippen LogP contribution in [0, 0.1) is 0 Å². The minimum absolute atomic E-state index is 0.0204. The summed E-state index contributed by atoms with van der Waals surface area (Å²) in [5, 5.41) is 4.11. The molecule has 1 fully saturated rings. The van der Waals surface area contributed by atoms with Gasteiger partial charge in [-0.2, -0.15) is 0 Å². The van der Waals surface area contributed by atoms with Gasteiger partial charge >= 0.3 is 0 Å². The lowest BCUT2D eigenvalue weighted by atomic mass is 9.94. The van der Waals surface area contributed by atoms with Gasteiger partial charge in [0.1, 0.15) is 0 Å². The third-order valence-electron chi connectivity index (χ3n) is 3.92. The number of nitrogens with one attached hydrogen (secondary N) is 1. The number of carbonyl (C=O) groups is 1. The smallest absolute Gasteiger partial charge is 0.222 e. The summed E-state index contributed by atoms with van der Waals surface area (Å²) in [6, 6.07) is 5.14. The fourth-order valence-electron chi connectivity index (χ4n) is 2.80. The molecule has 0 radical (unpaired) electrons. The van der Waals surface area contributed by atoms with Crippen LogP contribution in [0.3, 0.4) is 0 Å². The van der Waals surface area contributed by atoms with E-state index in [1.807, 2.05) is 13.0 Å². The van der Waals surface area contributed by atoms with Gasteiger partial charge in [-0.25, -0.2) is 0 Å². The molecule has 1 aliphatic carbocycles. The molecule has 0 bridgehead atoms. The summed E-state index contributed by atoms with van der Waals surface area (Å²) in [5.74, 6) is -0.0204. The molecule has 0 saturated heterocycles. The summed E-state index contributed by atoms with van der Waals surface area (Å²) in [6.45, 7) is 1.91. The Hall–Kier alpha value is -0.770. The molecular weight excluding hydrogens is 295 g/mol. The first-order valence-corrected chi connectivity index (χ1v) is 7.68. The molecule has 1 aliphatic rings. The molecule has 1 saturated carbocycles. The summed E-state index contributed by atoms with van der Waals surface area (Å²) in [4.78, 5) is 12.1. The van der Waals surface area contributed by atoms with Gasteiger partial charge in [0.2, 0.25) is 5.91 Å². The van der Waals surface area contributed by atoms with Crippen molar-refractivity contribution < 1.29 is 4.79 Å². The van der Waals surface area contributed by atoms with Crippen LogP contribution in [0.1, 0.15) is 50.6 Å². The van der Waals surface area contributed by atoms with Crippen molar-refractivity contribution in [2.24, 2.45) is 5.73 Å². The SMILES string of the molecule is CC(NC(=O)CC1(N)CCCC1)c1ccc(Cl)cc1Cl. The number of hydrogen-bond acceptors (Lipinski definition) is 2. The molecule has 3 N–H and O–H groups in total. The highest BCUT2D eigenvalue weighted by Crippen LogP contribution is 2.31. The molecule has 110 valence electrons. The van der Waals surface area contributed by atoms with Crippen LogP contribution in [0.15, 0.2) is 18.2 Å². The molecule has 0 aliphatic heterocycles. The van der Waals surface area contributed by atoms with Gasteiger partial charge in [0.05, 0.1) is 6.04 Å². The van der Waals surface area contributed by atoms with Gasteiger partial charge in [-0.15, -0.1) is 0 Å². The lowest BCUT2D eigenvalue weighted by Crippen LogP contribution is -2.42. The van der Waals surface area contributed by atoms with Crippen molar-refractivity contribution in [2.75, 3.05) is 0 Å². The molecule has 1 aromatic rings. The first-order valence-electron chi connectivity index (χ1n) is 6.93. The maximum Gasteiger partial charge on any atom is 0.222 e. The first-order chi connectivity index (χ1) is 9.39. The average molecular weight is 315 g/mol. The van der Waals surface area contributed by atoms with Crippen molar-refractivity contribution in [1.29, 1.82) is 0 Å². The summed E-state index contributed by atoms with van der Waals surface area (Å²) in [7, 11) is 0. The molecule has 1 amide bonds. The normalized spacial score (nSPS) is 18.8. The molecule has 20 heavy (non-hydrogen) atoms. The fourth-order valence-corrected chi connectivity index (χ4v) is 3.37. The first kappa shape index (κ1) is 15.6. The maximum atomic E-state index is 12.1. The van der Waals surface area contributed by atoms with Crippen LogP contribution in [0.5, 0.6) is 0 Å². The lowest BCUT2D eigenvalue weighted by molar-refractivity contribution is -0.122. The largest absolute Gasteiger partial charge is 0.349 e. The van der Waals surface area contributed by atoms with Crippen LogP contribution in [0.25, 0.3) is 0 Å². The molecule has 0 heterocycles. The van der Waals surface area contributed by atoms with E-state index in [0.717, 1.165) is 31.2 Å². The second-order valence-corrected chi connectivity index (χ2v) is 6.54. The van der Waals surface area contributed by atoms with Crippen LogP contribution in [0.4, 0.5) is 0 Å². The molecule has 1 unspecified atom stereocenters. The zero-order chi connectivity index (χ0) is 14.8. The monoisotopic (exact) mass is 314 g/mol. The van der Waals surface area contributed by atoms with Crippen LogP contribution >= 0.6 is 23.2 Å². The molecular formula is C15H20Cl2N2O. The van der Waals surface area contributed by atoms with Crippen LogP contribution in [-0.4, -0.2) is 11.4 Å². The van der Waals surface area contributed by atoms with Crippen LogP contribution < -0.4 is 11.1 Å². The van der Waals surface area contributed by atoms with Gasteiger partial charge in [-0.05, 0) is 37.5 Å². The lowest BCUT2D eigenvalue weighted by Gasteiger charge is -2.24. The summed E-state index contributed by atoms with van der Waals surface area (Å²) in [5.41, 5.74) is 6.76. The Kier molecular flexibility index (Phi) is 4.95. The summed E-state index contributed by atoms with van der Waals surface area (Å²) in [6.07, 6.45) is 4.46. The maximum absolute atomic E-state index is 12.1. The minimum Gasteiger partial charge on any atom is -0.349 e. The van der Waals surface area contributed by atoms with Crippen molar-refractivity contribution in [3.05, 3.63) is 33.8 Å². The van der Waals surface area contributed by atoms with E-state index < -0.39 is 0 Å². The predicted octanol–water partition coefficient (Wildman–Crippen LogP) is 3.83. The molecule has 0 spiro atoms. The Bertz CT molecular complexity index is 499. The number of halogens is 2. The quantitative estimate of drug-likeness (QED) is 0.887. The minimum atomic E-state index is -0.326. The Morgan fingerprint density at radius 1 is 1.40 bits per heavy atom. The van der Waals surface area contributed by atoms with Gasteiger partial charge in [0.25, 0.3) is 0 Å². The zero-order valence-electron chi connectivity index (χ0n) is 11.6. The average Bonchev–Trinajstić information content (AvgIpc) is 2.74. The van der Waals surface area contributed by atoms with E-state index in [1.165, 1.54) is 0 Å². The molecule has 0 aromatic heterocycles. The predicted molar refractivity (Wildman–Crippen MR) is 83.0 cm³/mol. The Morgan fingerprint density at radius 3 is 2.65 bits per heavy atom. The molecule has 2 rings (SSSR count). The number of carbonyl (C=O) groups excluding carboxylic acids is 1. The Labute approximate surface area is 129 Å². The van der Waals surface area contributed by atoms with E-state index in [4.69, 9.17) is 28.9 Å². The zero-order valence-corrected chi connectivity index (χ0v) is 13.1. The Balaban J connectivity index is 1.96. The highest BCUT2D eigenvalue weighted by Gasteiger charge is 2.32. The van der Waals surface area contributed by atoms with Gasteiger partial charge in [-0.1, -0.05) is 42.1 Å². The van der Waals surface area contributed by atoms with Crippen molar-refractivity contribution in [3.63, 3.8) is 0 Å². The van der Waals surface area contributed by atoms with Gasteiger partial charge < -0.3 is 11.1 Å². The molecule has 1 atom stereocenters. The van der Waals surface area contributed by atoms with E-state index in [-0.39, 0.29) is 17.5 Å². The third-order valence-corrected chi connectivity index (χ3v) is 4.48. The number of amides is 1. The Morgan fingerprint density at radius 2 is 2.05 bits per heavy atom. The highest BCUT2D eigenvalue weighted by atomic mass is 35.5. The van der Waals surface area contributed by atoms with E-state index in [0.29, 0.717) is 16.5 Å². The summed E-state index contributed by atoms with van der Waals surface area (Å²) >= 11 is 12.0. The van der Waals surface area contributed by atoms with Gasteiger partial charge in [-0.3, -0.25) is 4.79 Å². The number of rotatable bonds is 4. The molecule has 1 aromatic carbocycles. The number of benzene rings is 1.